The van der Waals surface area contributed by atoms with Crippen LogP contribution in [0.4, 0.5) is 5.69 Å². The van der Waals surface area contributed by atoms with Crippen LogP contribution in [-0.4, -0.2) is 13.3 Å². The zero-order chi connectivity index (χ0) is 20.1. The number of aliphatic imine (C=N–C) groups is 1. The van der Waals surface area contributed by atoms with E-state index in [2.05, 4.69) is 18.0 Å². The maximum Gasteiger partial charge on any atom is 0.180 e. The molecule has 3 aromatic rings. The summed E-state index contributed by atoms with van der Waals surface area (Å²) in [5.74, 6) is 1.05. The van der Waals surface area contributed by atoms with E-state index in [9.17, 15) is 0 Å². The van der Waals surface area contributed by atoms with Gasteiger partial charge in [-0.3, -0.25) is 4.99 Å². The minimum atomic E-state index is 0.340. The van der Waals surface area contributed by atoms with Crippen LogP contribution in [0.5, 0.6) is 11.5 Å². The van der Waals surface area contributed by atoms with Crippen LogP contribution in [0.2, 0.25) is 10.0 Å². The Morgan fingerprint density at radius 3 is 2.54 bits per heavy atom. The highest BCUT2D eigenvalue weighted by Gasteiger charge is 2.12. The van der Waals surface area contributed by atoms with Crippen molar-refractivity contribution in [3.63, 3.8) is 0 Å². The summed E-state index contributed by atoms with van der Waals surface area (Å²) in [4.78, 5) is 4.57. The lowest BCUT2D eigenvalue weighted by molar-refractivity contribution is 0.284. The summed E-state index contributed by atoms with van der Waals surface area (Å²) in [7, 11) is 1.59. The summed E-state index contributed by atoms with van der Waals surface area (Å²) in [6.45, 7) is 4.44. The Labute approximate surface area is 175 Å². The van der Waals surface area contributed by atoms with Crippen LogP contribution in [0.15, 0.2) is 59.6 Å². The number of benzene rings is 3. The third kappa shape index (κ3) is 5.06. The van der Waals surface area contributed by atoms with Gasteiger partial charge in [0.25, 0.3) is 0 Å². The number of ether oxygens (including phenoxy) is 2. The number of methoxy groups -OCH3 is 1. The monoisotopic (exact) mass is 413 g/mol. The van der Waals surface area contributed by atoms with Crippen molar-refractivity contribution in [3.8, 4) is 11.5 Å². The average Bonchev–Trinajstić information content (AvgIpc) is 2.66. The van der Waals surface area contributed by atoms with E-state index in [-0.39, 0.29) is 0 Å². The molecular formula is C23H21Cl2NO2. The van der Waals surface area contributed by atoms with Gasteiger partial charge < -0.3 is 9.47 Å². The Kier molecular flexibility index (Phi) is 6.61. The van der Waals surface area contributed by atoms with Gasteiger partial charge in [-0.25, -0.2) is 0 Å². The molecular weight excluding hydrogens is 393 g/mol. The minimum absolute atomic E-state index is 0.340. The van der Waals surface area contributed by atoms with E-state index in [4.69, 9.17) is 32.7 Å². The fourth-order valence-corrected chi connectivity index (χ4v) is 3.32. The SMILES string of the molecule is COc1cc(C=Nc2ccc(C)cc2C)cc(Cl)c1OCc1cccc(Cl)c1. The summed E-state index contributed by atoms with van der Waals surface area (Å²) < 4.78 is 11.4. The molecule has 5 heteroatoms. The standard InChI is InChI=1S/C23H21Cl2NO2/c1-15-7-8-21(16(2)9-15)26-13-18-11-20(25)23(22(12-18)27-3)28-14-17-5-4-6-19(24)10-17/h4-13H,14H2,1-3H3. The Bertz CT molecular complexity index is 1020. The van der Waals surface area contributed by atoms with Gasteiger partial charge >= 0.3 is 0 Å². The predicted octanol–water partition coefficient (Wildman–Crippen LogP) is 6.95. The molecule has 0 aliphatic heterocycles. The molecule has 0 bridgehead atoms. The van der Waals surface area contributed by atoms with E-state index in [0.29, 0.717) is 28.2 Å². The van der Waals surface area contributed by atoms with Gasteiger partial charge in [-0.2, -0.15) is 0 Å². The summed E-state index contributed by atoms with van der Waals surface area (Å²) in [5, 5.41) is 1.13. The molecule has 0 fully saturated rings. The van der Waals surface area contributed by atoms with Crippen molar-refractivity contribution in [3.05, 3.63) is 86.9 Å². The third-order valence-electron chi connectivity index (χ3n) is 4.23. The van der Waals surface area contributed by atoms with E-state index < -0.39 is 0 Å². The lowest BCUT2D eigenvalue weighted by Gasteiger charge is -2.13. The van der Waals surface area contributed by atoms with E-state index in [1.54, 1.807) is 13.3 Å². The zero-order valence-corrected chi connectivity index (χ0v) is 17.5. The van der Waals surface area contributed by atoms with Crippen molar-refractivity contribution in [2.45, 2.75) is 20.5 Å². The highest BCUT2D eigenvalue weighted by atomic mass is 35.5. The van der Waals surface area contributed by atoms with Crippen LogP contribution in [0, 0.1) is 13.8 Å². The number of nitrogens with zero attached hydrogens (tertiary/aromatic N) is 1. The van der Waals surface area contributed by atoms with Crippen molar-refractivity contribution in [2.75, 3.05) is 7.11 Å². The van der Waals surface area contributed by atoms with Crippen LogP contribution in [0.1, 0.15) is 22.3 Å². The molecule has 0 aliphatic carbocycles. The van der Waals surface area contributed by atoms with Crippen LogP contribution in [-0.2, 0) is 6.61 Å². The lowest BCUT2D eigenvalue weighted by Crippen LogP contribution is -1.99. The first-order valence-electron chi connectivity index (χ1n) is 8.82. The van der Waals surface area contributed by atoms with Crippen molar-refractivity contribution in [2.24, 2.45) is 4.99 Å². The van der Waals surface area contributed by atoms with Gasteiger partial charge in [0.15, 0.2) is 11.5 Å². The highest BCUT2D eigenvalue weighted by molar-refractivity contribution is 6.32. The second-order valence-electron chi connectivity index (χ2n) is 6.50. The van der Waals surface area contributed by atoms with Crippen LogP contribution in [0.3, 0.4) is 0 Å². The first kappa shape index (κ1) is 20.2. The van der Waals surface area contributed by atoms with E-state index in [0.717, 1.165) is 22.4 Å². The minimum Gasteiger partial charge on any atom is -0.493 e. The summed E-state index contributed by atoms with van der Waals surface area (Å²) in [6, 6.07) is 17.3. The van der Waals surface area contributed by atoms with Gasteiger partial charge in [-0.15, -0.1) is 0 Å². The average molecular weight is 414 g/mol. The fraction of sp³-hybridized carbons (Fsp3) is 0.174. The normalized spacial score (nSPS) is 11.0. The molecule has 0 heterocycles. The van der Waals surface area contributed by atoms with Gasteiger partial charge in [0.1, 0.15) is 6.61 Å². The first-order valence-corrected chi connectivity index (χ1v) is 9.58. The molecule has 0 unspecified atom stereocenters. The van der Waals surface area contributed by atoms with Crippen LogP contribution < -0.4 is 9.47 Å². The number of rotatable bonds is 6. The molecule has 0 spiro atoms. The Morgan fingerprint density at radius 1 is 1.00 bits per heavy atom. The quantitative estimate of drug-likeness (QED) is 0.409. The second kappa shape index (κ2) is 9.13. The van der Waals surface area contributed by atoms with Gasteiger partial charge in [-0.05, 0) is 60.9 Å². The molecule has 0 atom stereocenters. The molecule has 144 valence electrons. The van der Waals surface area contributed by atoms with Crippen LogP contribution >= 0.6 is 23.2 Å². The van der Waals surface area contributed by atoms with Gasteiger partial charge in [-0.1, -0.05) is 53.0 Å². The van der Waals surface area contributed by atoms with Gasteiger partial charge in [0.2, 0.25) is 0 Å². The molecule has 0 N–H and O–H groups in total. The van der Waals surface area contributed by atoms with E-state index in [1.807, 2.05) is 55.5 Å². The predicted molar refractivity (Wildman–Crippen MR) is 117 cm³/mol. The van der Waals surface area contributed by atoms with Gasteiger partial charge in [0, 0.05) is 11.2 Å². The Balaban J connectivity index is 1.81. The maximum absolute atomic E-state index is 6.45. The number of halogens is 2. The molecule has 0 saturated carbocycles. The number of hydrogen-bond acceptors (Lipinski definition) is 3. The van der Waals surface area contributed by atoms with Crippen LogP contribution in [0.25, 0.3) is 0 Å². The van der Waals surface area contributed by atoms with Crippen molar-refractivity contribution < 1.29 is 9.47 Å². The molecule has 3 nitrogen and oxygen atoms in total. The highest BCUT2D eigenvalue weighted by Crippen LogP contribution is 2.37. The molecule has 0 saturated heterocycles. The van der Waals surface area contributed by atoms with Gasteiger partial charge in [0.05, 0.1) is 17.8 Å². The van der Waals surface area contributed by atoms with Crippen molar-refractivity contribution in [1.82, 2.24) is 0 Å². The summed E-state index contributed by atoms with van der Waals surface area (Å²) in [6.07, 6.45) is 1.77. The molecule has 0 aliphatic rings. The third-order valence-corrected chi connectivity index (χ3v) is 4.74. The number of aryl methyl sites for hydroxylation is 2. The summed E-state index contributed by atoms with van der Waals surface area (Å²) >= 11 is 12.5. The van der Waals surface area contributed by atoms with Crippen molar-refractivity contribution in [1.29, 1.82) is 0 Å². The lowest BCUT2D eigenvalue weighted by atomic mass is 10.1. The molecule has 28 heavy (non-hydrogen) atoms. The fourth-order valence-electron chi connectivity index (χ4n) is 2.83. The van der Waals surface area contributed by atoms with E-state index >= 15 is 0 Å². The van der Waals surface area contributed by atoms with Crippen molar-refractivity contribution >= 4 is 35.1 Å². The molecule has 0 amide bonds. The molecule has 0 aromatic heterocycles. The topological polar surface area (TPSA) is 30.8 Å². The van der Waals surface area contributed by atoms with E-state index in [1.165, 1.54) is 5.56 Å². The maximum atomic E-state index is 6.45. The largest absolute Gasteiger partial charge is 0.493 e. The second-order valence-corrected chi connectivity index (χ2v) is 7.34. The molecule has 3 rings (SSSR count). The zero-order valence-electron chi connectivity index (χ0n) is 16.0. The molecule has 3 aromatic carbocycles. The first-order chi connectivity index (χ1) is 13.5. The Morgan fingerprint density at radius 2 is 1.82 bits per heavy atom. The number of hydrogen-bond donors (Lipinski definition) is 0. The summed E-state index contributed by atoms with van der Waals surface area (Å²) in [5.41, 5.74) is 5.03. The Hall–Kier alpha value is -2.49. The molecule has 0 radical (unpaired) electrons. The smallest absolute Gasteiger partial charge is 0.180 e.